The highest BCUT2D eigenvalue weighted by atomic mass is 32.1. The molecule has 2 aromatic rings. The zero-order valence-electron chi connectivity index (χ0n) is 18.2. The Balaban J connectivity index is 1.84. The number of thiophene rings is 1. The lowest BCUT2D eigenvalue weighted by Crippen LogP contribution is -2.48. The van der Waals surface area contributed by atoms with E-state index >= 15 is 0 Å². The van der Waals surface area contributed by atoms with E-state index in [0.717, 1.165) is 0 Å². The molecule has 1 aliphatic heterocycles. The number of hydrogen-bond acceptors (Lipinski definition) is 7. The third-order valence-corrected chi connectivity index (χ3v) is 5.86. The first-order valence-corrected chi connectivity index (χ1v) is 11.2. The van der Waals surface area contributed by atoms with E-state index in [1.807, 2.05) is 0 Å². The number of amides is 2. The molecule has 174 valence electrons. The molecule has 1 atom stereocenters. The molecule has 2 heterocycles. The first-order valence-electron chi connectivity index (χ1n) is 10.3. The van der Waals surface area contributed by atoms with Gasteiger partial charge in [0.2, 0.25) is 0 Å². The van der Waals surface area contributed by atoms with Crippen LogP contribution in [-0.2, 0) is 14.3 Å². The highest BCUT2D eigenvalue weighted by Crippen LogP contribution is 2.32. The third kappa shape index (κ3) is 5.78. The van der Waals surface area contributed by atoms with E-state index in [0.29, 0.717) is 21.9 Å². The van der Waals surface area contributed by atoms with Crippen molar-refractivity contribution < 1.29 is 33.8 Å². The van der Waals surface area contributed by atoms with E-state index in [4.69, 9.17) is 14.6 Å². The Kier molecular flexibility index (Phi) is 7.83. The quantitative estimate of drug-likeness (QED) is 0.421. The molecule has 3 rings (SSSR count). The molecular weight excluding hydrogens is 448 g/mol. The van der Waals surface area contributed by atoms with E-state index in [9.17, 15) is 19.2 Å². The lowest BCUT2D eigenvalue weighted by molar-refractivity contribution is -0.139. The first-order chi connectivity index (χ1) is 15.8. The van der Waals surface area contributed by atoms with Gasteiger partial charge in [0.1, 0.15) is 10.6 Å². The minimum absolute atomic E-state index is 0.0963. The molecular formula is C23H24N2O7S. The van der Waals surface area contributed by atoms with Crippen LogP contribution in [-0.4, -0.2) is 47.1 Å². The van der Waals surface area contributed by atoms with Crippen molar-refractivity contribution in [3.8, 4) is 5.75 Å². The van der Waals surface area contributed by atoms with Crippen LogP contribution in [0.1, 0.15) is 48.0 Å². The van der Waals surface area contributed by atoms with Crippen LogP contribution in [0.25, 0.3) is 0 Å². The second-order valence-corrected chi connectivity index (χ2v) is 8.13. The smallest absolute Gasteiger partial charge is 0.353 e. The first kappa shape index (κ1) is 24.0. The van der Waals surface area contributed by atoms with Gasteiger partial charge in [-0.05, 0) is 49.4 Å². The normalized spacial score (nSPS) is 15.8. The Bertz CT molecular complexity index is 1060. The van der Waals surface area contributed by atoms with E-state index in [1.165, 1.54) is 16.2 Å². The summed E-state index contributed by atoms with van der Waals surface area (Å²) in [5, 5.41) is 13.4. The number of hydrogen-bond donors (Lipinski definition) is 2. The van der Waals surface area contributed by atoms with Gasteiger partial charge in [-0.2, -0.15) is 0 Å². The molecule has 9 nitrogen and oxygen atoms in total. The van der Waals surface area contributed by atoms with E-state index in [-0.39, 0.29) is 31.6 Å². The van der Waals surface area contributed by atoms with E-state index in [2.05, 4.69) is 5.32 Å². The maximum atomic E-state index is 12.7. The Morgan fingerprint density at radius 2 is 1.88 bits per heavy atom. The lowest BCUT2D eigenvalue weighted by atomic mass is 9.94. The summed E-state index contributed by atoms with van der Waals surface area (Å²) in [5.41, 5.74) is 1.27. The van der Waals surface area contributed by atoms with Gasteiger partial charge in [0.05, 0.1) is 18.2 Å². The molecule has 1 aromatic carbocycles. The second kappa shape index (κ2) is 10.8. The molecule has 10 heteroatoms. The van der Waals surface area contributed by atoms with Gasteiger partial charge in [-0.25, -0.2) is 14.4 Å². The van der Waals surface area contributed by atoms with Gasteiger partial charge in [-0.3, -0.25) is 9.69 Å². The fraction of sp³-hybridized carbons (Fsp3) is 0.304. The van der Waals surface area contributed by atoms with Gasteiger partial charge in [0.15, 0.2) is 0 Å². The lowest BCUT2D eigenvalue weighted by Gasteiger charge is -2.35. The average molecular weight is 473 g/mol. The maximum absolute atomic E-state index is 12.7. The van der Waals surface area contributed by atoms with Gasteiger partial charge in [-0.1, -0.05) is 18.2 Å². The van der Waals surface area contributed by atoms with Gasteiger partial charge >= 0.3 is 23.9 Å². The number of carboxylic acids is 1. The summed E-state index contributed by atoms with van der Waals surface area (Å²) in [4.78, 5) is 50.3. The number of urea groups is 1. The fourth-order valence-corrected chi connectivity index (χ4v) is 4.04. The predicted molar refractivity (Wildman–Crippen MR) is 120 cm³/mol. The number of nitrogens with zero attached hydrogens (tertiary/aromatic N) is 1. The molecule has 1 aromatic heterocycles. The largest absolute Gasteiger partial charge is 0.481 e. The third-order valence-electron chi connectivity index (χ3n) is 5.01. The monoisotopic (exact) mass is 472 g/mol. The van der Waals surface area contributed by atoms with Crippen molar-refractivity contribution in [2.24, 2.45) is 0 Å². The summed E-state index contributed by atoms with van der Waals surface area (Å²) in [6.45, 7) is 3.63. The molecule has 0 fully saturated rings. The van der Waals surface area contributed by atoms with Crippen LogP contribution in [0.15, 0.2) is 53.0 Å². The summed E-state index contributed by atoms with van der Waals surface area (Å²) < 4.78 is 10.6. The van der Waals surface area contributed by atoms with Crippen molar-refractivity contribution in [1.29, 1.82) is 0 Å². The SMILES string of the molecule is CCOC(=O)C1=C(C)N(CCCC(=O)O)C(=O)NC1c1ccc(OC(=O)c2cccs2)cc1. The summed E-state index contributed by atoms with van der Waals surface area (Å²) in [6.07, 6.45) is 0.145. The average Bonchev–Trinajstić information content (AvgIpc) is 3.31. The molecule has 1 aliphatic rings. The highest BCUT2D eigenvalue weighted by Gasteiger charge is 2.36. The number of carbonyl (C=O) groups is 4. The molecule has 0 radical (unpaired) electrons. The summed E-state index contributed by atoms with van der Waals surface area (Å²) in [7, 11) is 0. The van der Waals surface area contributed by atoms with Gasteiger partial charge < -0.3 is 19.9 Å². The van der Waals surface area contributed by atoms with Crippen LogP contribution in [0, 0.1) is 0 Å². The van der Waals surface area contributed by atoms with Crippen LogP contribution in [0.2, 0.25) is 0 Å². The zero-order valence-corrected chi connectivity index (χ0v) is 19.0. The number of rotatable bonds is 9. The predicted octanol–water partition coefficient (Wildman–Crippen LogP) is 3.74. The second-order valence-electron chi connectivity index (χ2n) is 7.19. The minimum atomic E-state index is -0.961. The fourth-order valence-electron chi connectivity index (χ4n) is 3.44. The number of aliphatic carboxylic acids is 1. The Morgan fingerprint density at radius 3 is 2.48 bits per heavy atom. The Morgan fingerprint density at radius 1 is 1.15 bits per heavy atom. The van der Waals surface area contributed by atoms with Crippen molar-refractivity contribution in [3.63, 3.8) is 0 Å². The number of allylic oxidation sites excluding steroid dienone is 1. The number of carboxylic acid groups (broad SMARTS) is 1. The minimum Gasteiger partial charge on any atom is -0.481 e. The van der Waals surface area contributed by atoms with E-state index in [1.54, 1.807) is 55.6 Å². The van der Waals surface area contributed by atoms with Gasteiger partial charge in [-0.15, -0.1) is 11.3 Å². The number of benzene rings is 1. The van der Waals surface area contributed by atoms with Crippen molar-refractivity contribution in [2.45, 2.75) is 32.7 Å². The Labute approximate surface area is 194 Å². The highest BCUT2D eigenvalue weighted by molar-refractivity contribution is 7.12. The topological polar surface area (TPSA) is 122 Å². The molecule has 0 aliphatic carbocycles. The molecule has 0 saturated heterocycles. The van der Waals surface area contributed by atoms with Gasteiger partial charge in [0, 0.05) is 18.7 Å². The molecule has 0 bridgehead atoms. The van der Waals surface area contributed by atoms with E-state index < -0.39 is 30.0 Å². The van der Waals surface area contributed by atoms with Crippen LogP contribution < -0.4 is 10.1 Å². The summed E-state index contributed by atoms with van der Waals surface area (Å²) in [5.74, 6) is -1.68. The van der Waals surface area contributed by atoms with Crippen molar-refractivity contribution in [3.05, 3.63) is 63.5 Å². The molecule has 0 saturated carbocycles. The van der Waals surface area contributed by atoms with Crippen molar-refractivity contribution in [1.82, 2.24) is 10.2 Å². The standard InChI is InChI=1S/C23H24N2O7S/c1-3-31-22(29)19-14(2)25(12-4-7-18(26)27)23(30)24-20(19)15-8-10-16(11-9-15)32-21(28)17-6-5-13-33-17/h5-6,8-11,13,20H,3-4,7,12H2,1-2H3,(H,24,30)(H,26,27). The van der Waals surface area contributed by atoms with Crippen LogP contribution in [0.5, 0.6) is 5.75 Å². The van der Waals surface area contributed by atoms with Crippen LogP contribution in [0.3, 0.4) is 0 Å². The molecule has 0 spiro atoms. The maximum Gasteiger partial charge on any atom is 0.353 e. The molecule has 2 amide bonds. The van der Waals surface area contributed by atoms with Crippen LogP contribution in [0.4, 0.5) is 4.79 Å². The molecule has 33 heavy (non-hydrogen) atoms. The molecule has 2 N–H and O–H groups in total. The number of esters is 2. The Hall–Kier alpha value is -3.66. The summed E-state index contributed by atoms with van der Waals surface area (Å²) >= 11 is 1.28. The van der Waals surface area contributed by atoms with Gasteiger partial charge in [0.25, 0.3) is 0 Å². The summed E-state index contributed by atoms with van der Waals surface area (Å²) in [6, 6.07) is 8.71. The number of ether oxygens (including phenoxy) is 2. The van der Waals surface area contributed by atoms with Crippen molar-refractivity contribution >= 4 is 35.3 Å². The number of nitrogens with one attached hydrogen (secondary N) is 1. The zero-order chi connectivity index (χ0) is 24.0. The van der Waals surface area contributed by atoms with Crippen LogP contribution >= 0.6 is 11.3 Å². The van der Waals surface area contributed by atoms with Crippen molar-refractivity contribution in [2.75, 3.05) is 13.2 Å². The molecule has 1 unspecified atom stereocenters. The number of carbonyl (C=O) groups excluding carboxylic acids is 3.